The van der Waals surface area contributed by atoms with Gasteiger partial charge < -0.3 is 4.74 Å². The van der Waals surface area contributed by atoms with Gasteiger partial charge in [0.25, 0.3) is 0 Å². The maximum absolute atomic E-state index is 12.8. The highest BCUT2D eigenvalue weighted by Crippen LogP contribution is 2.34. The Hall–Kier alpha value is -1.55. The molecule has 0 aliphatic carbocycles. The smallest absolute Gasteiger partial charge is 0.417 e. The van der Waals surface area contributed by atoms with Gasteiger partial charge in [0.15, 0.2) is 0 Å². The third-order valence-electron chi connectivity index (χ3n) is 2.55. The minimum Gasteiger partial charge on any atom is -0.466 e. The molecule has 0 aliphatic rings. The Morgan fingerprint density at radius 2 is 2.05 bits per heavy atom. The number of nitriles is 1. The van der Waals surface area contributed by atoms with E-state index in [4.69, 9.17) is 10.00 Å². The van der Waals surface area contributed by atoms with E-state index in [0.717, 1.165) is 12.1 Å². The van der Waals surface area contributed by atoms with Crippen LogP contribution in [0.25, 0.3) is 0 Å². The largest absolute Gasteiger partial charge is 0.466 e. The van der Waals surface area contributed by atoms with Gasteiger partial charge in [-0.05, 0) is 30.2 Å². The van der Waals surface area contributed by atoms with Crippen molar-refractivity contribution in [2.24, 2.45) is 0 Å². The summed E-state index contributed by atoms with van der Waals surface area (Å²) >= 11 is 3.08. The first-order valence-corrected chi connectivity index (χ1v) is 6.80. The first-order chi connectivity index (χ1) is 9.33. The van der Waals surface area contributed by atoms with Crippen LogP contribution in [0.1, 0.15) is 29.2 Å². The van der Waals surface area contributed by atoms with Crippen LogP contribution < -0.4 is 0 Å². The van der Waals surface area contributed by atoms with Gasteiger partial charge in [0.05, 0.1) is 30.2 Å². The fourth-order valence-corrected chi connectivity index (χ4v) is 2.19. The van der Waals surface area contributed by atoms with Crippen molar-refractivity contribution in [1.82, 2.24) is 0 Å². The van der Waals surface area contributed by atoms with Crippen LogP contribution in [0.4, 0.5) is 13.2 Å². The molecule has 0 aliphatic heterocycles. The molecule has 0 bridgehead atoms. The molecule has 0 saturated carbocycles. The number of esters is 1. The molecule has 108 valence electrons. The van der Waals surface area contributed by atoms with E-state index in [1.54, 1.807) is 6.92 Å². The van der Waals surface area contributed by atoms with Crippen molar-refractivity contribution >= 4 is 21.9 Å². The van der Waals surface area contributed by atoms with Gasteiger partial charge in [0.1, 0.15) is 0 Å². The molecule has 20 heavy (non-hydrogen) atoms. The highest BCUT2D eigenvalue weighted by molar-refractivity contribution is 9.08. The van der Waals surface area contributed by atoms with Crippen LogP contribution in [-0.2, 0) is 27.5 Å². The van der Waals surface area contributed by atoms with E-state index in [1.807, 2.05) is 0 Å². The van der Waals surface area contributed by atoms with Crippen LogP contribution in [0, 0.1) is 11.3 Å². The molecule has 0 saturated heterocycles. The number of hydrogen-bond acceptors (Lipinski definition) is 3. The van der Waals surface area contributed by atoms with Gasteiger partial charge in [0.2, 0.25) is 0 Å². The Balaban J connectivity index is 3.27. The standard InChI is InChI=1S/C13H11BrF3NO2/c1-2-20-12(19)5-8-3-10(7-18)11(13(15,16)17)4-9(8)6-14/h3-4H,2,5-6H2,1H3. The minimum atomic E-state index is -4.61. The molecule has 0 heterocycles. The molecular formula is C13H11BrF3NO2. The molecule has 0 N–H and O–H groups in total. The first kappa shape index (κ1) is 16.5. The quantitative estimate of drug-likeness (QED) is 0.616. The molecule has 7 heteroatoms. The van der Waals surface area contributed by atoms with Crippen LogP contribution in [0.5, 0.6) is 0 Å². The lowest BCUT2D eigenvalue weighted by Crippen LogP contribution is -2.13. The zero-order valence-corrected chi connectivity index (χ0v) is 12.1. The minimum absolute atomic E-state index is 0.149. The summed E-state index contributed by atoms with van der Waals surface area (Å²) in [5, 5.41) is 8.98. The monoisotopic (exact) mass is 349 g/mol. The maximum Gasteiger partial charge on any atom is 0.417 e. The van der Waals surface area contributed by atoms with E-state index in [9.17, 15) is 18.0 Å². The van der Waals surface area contributed by atoms with Crippen molar-refractivity contribution in [2.75, 3.05) is 6.61 Å². The summed E-state index contributed by atoms with van der Waals surface area (Å²) in [7, 11) is 0. The predicted molar refractivity (Wildman–Crippen MR) is 69.1 cm³/mol. The molecule has 1 rings (SSSR count). The lowest BCUT2D eigenvalue weighted by molar-refractivity contribution is -0.142. The number of rotatable bonds is 4. The molecule has 3 nitrogen and oxygen atoms in total. The zero-order valence-electron chi connectivity index (χ0n) is 10.6. The maximum atomic E-state index is 12.8. The lowest BCUT2D eigenvalue weighted by atomic mass is 9.97. The molecule has 0 amide bonds. The van der Waals surface area contributed by atoms with Gasteiger partial charge in [-0.2, -0.15) is 18.4 Å². The van der Waals surface area contributed by atoms with Crippen molar-refractivity contribution in [2.45, 2.75) is 24.9 Å². The average molecular weight is 350 g/mol. The molecule has 0 fully saturated rings. The van der Waals surface area contributed by atoms with Gasteiger partial charge in [-0.1, -0.05) is 15.9 Å². The molecule has 0 spiro atoms. The number of alkyl halides is 4. The number of hydrogen-bond donors (Lipinski definition) is 0. The van der Waals surface area contributed by atoms with Crippen molar-refractivity contribution in [3.63, 3.8) is 0 Å². The number of nitrogens with zero attached hydrogens (tertiary/aromatic N) is 1. The molecule has 0 atom stereocenters. The summed E-state index contributed by atoms with van der Waals surface area (Å²) in [4.78, 5) is 11.4. The Kier molecular flexibility index (Phi) is 5.57. The summed E-state index contributed by atoms with van der Waals surface area (Å²) in [6, 6.07) is 3.50. The Morgan fingerprint density at radius 1 is 1.40 bits per heavy atom. The number of ether oxygens (including phenoxy) is 1. The van der Waals surface area contributed by atoms with E-state index in [-0.39, 0.29) is 18.4 Å². The Labute approximate surface area is 122 Å². The van der Waals surface area contributed by atoms with Crippen molar-refractivity contribution in [1.29, 1.82) is 5.26 Å². The second-order valence-electron chi connectivity index (χ2n) is 3.89. The third-order valence-corrected chi connectivity index (χ3v) is 3.15. The third kappa shape index (κ3) is 3.97. The van der Waals surface area contributed by atoms with Crippen LogP contribution in [0.15, 0.2) is 12.1 Å². The number of carbonyl (C=O) groups excluding carboxylic acids is 1. The van der Waals surface area contributed by atoms with E-state index in [2.05, 4.69) is 15.9 Å². The SMILES string of the molecule is CCOC(=O)Cc1cc(C#N)c(C(F)(F)F)cc1CBr. The topological polar surface area (TPSA) is 50.1 Å². The normalized spacial score (nSPS) is 11.0. The summed E-state index contributed by atoms with van der Waals surface area (Å²) in [6.45, 7) is 1.82. The lowest BCUT2D eigenvalue weighted by Gasteiger charge is -2.14. The predicted octanol–water partition coefficient (Wildman–Crippen LogP) is 3.58. The van der Waals surface area contributed by atoms with E-state index < -0.39 is 23.3 Å². The first-order valence-electron chi connectivity index (χ1n) is 5.68. The summed E-state index contributed by atoms with van der Waals surface area (Å²) < 4.78 is 43.2. The van der Waals surface area contributed by atoms with E-state index in [1.165, 1.54) is 6.07 Å². The molecular weight excluding hydrogens is 339 g/mol. The van der Waals surface area contributed by atoms with Crippen molar-refractivity contribution < 1.29 is 22.7 Å². The van der Waals surface area contributed by atoms with E-state index >= 15 is 0 Å². The summed E-state index contributed by atoms with van der Waals surface area (Å²) in [5.41, 5.74) is -0.835. The second kappa shape index (κ2) is 6.75. The van der Waals surface area contributed by atoms with Gasteiger partial charge in [-0.15, -0.1) is 0 Å². The van der Waals surface area contributed by atoms with Gasteiger partial charge >= 0.3 is 12.1 Å². The van der Waals surface area contributed by atoms with Gasteiger partial charge in [-0.25, -0.2) is 0 Å². The average Bonchev–Trinajstić information content (AvgIpc) is 2.37. The zero-order chi connectivity index (χ0) is 15.3. The van der Waals surface area contributed by atoms with E-state index in [0.29, 0.717) is 11.1 Å². The Morgan fingerprint density at radius 3 is 2.50 bits per heavy atom. The van der Waals surface area contributed by atoms with Gasteiger partial charge in [0, 0.05) is 5.33 Å². The molecule has 0 unspecified atom stereocenters. The Bertz CT molecular complexity index is 550. The summed E-state index contributed by atoms with van der Waals surface area (Å²) in [6.07, 6.45) is -4.77. The van der Waals surface area contributed by atoms with Crippen LogP contribution >= 0.6 is 15.9 Å². The fourth-order valence-electron chi connectivity index (χ4n) is 1.67. The van der Waals surface area contributed by atoms with Crippen molar-refractivity contribution in [3.05, 3.63) is 34.4 Å². The molecule has 0 aromatic heterocycles. The van der Waals surface area contributed by atoms with Crippen LogP contribution in [0.2, 0.25) is 0 Å². The highest BCUT2D eigenvalue weighted by Gasteiger charge is 2.34. The van der Waals surface area contributed by atoms with Crippen LogP contribution in [0.3, 0.4) is 0 Å². The summed E-state index contributed by atoms with van der Waals surface area (Å²) in [5.74, 6) is -0.543. The number of halogens is 4. The van der Waals surface area contributed by atoms with Crippen LogP contribution in [-0.4, -0.2) is 12.6 Å². The molecule has 0 radical (unpaired) electrons. The molecule has 1 aromatic carbocycles. The fraction of sp³-hybridized carbons (Fsp3) is 0.385. The van der Waals surface area contributed by atoms with Crippen molar-refractivity contribution in [3.8, 4) is 6.07 Å². The second-order valence-corrected chi connectivity index (χ2v) is 4.45. The highest BCUT2D eigenvalue weighted by atomic mass is 79.9. The number of benzene rings is 1. The number of carbonyl (C=O) groups is 1. The van der Waals surface area contributed by atoms with Gasteiger partial charge in [-0.3, -0.25) is 4.79 Å². The molecule has 1 aromatic rings.